The van der Waals surface area contributed by atoms with E-state index in [1.54, 1.807) is 0 Å². The molecule has 0 unspecified atom stereocenters. The topological polar surface area (TPSA) is 37.3 Å². The van der Waals surface area contributed by atoms with Crippen molar-refractivity contribution in [3.05, 3.63) is 35.9 Å². The van der Waals surface area contributed by atoms with Crippen LogP contribution in [0.4, 0.5) is 0 Å². The molecule has 14 heavy (non-hydrogen) atoms. The van der Waals surface area contributed by atoms with Gasteiger partial charge in [-0.3, -0.25) is 0 Å². The maximum Gasteiger partial charge on any atom is 0.340 e. The van der Waals surface area contributed by atoms with Crippen molar-refractivity contribution in [1.82, 2.24) is 0 Å². The number of halogens is 2. The van der Waals surface area contributed by atoms with E-state index >= 15 is 0 Å². The van der Waals surface area contributed by atoms with Crippen molar-refractivity contribution >= 4 is 29.2 Å². The lowest BCUT2D eigenvalue weighted by Crippen LogP contribution is -2.25. The molecule has 4 heteroatoms. The fourth-order valence-corrected chi connectivity index (χ4v) is 1.24. The largest absolute Gasteiger partial charge is 0.479 e. The van der Waals surface area contributed by atoms with E-state index < -0.39 is 10.3 Å². The molecule has 0 aliphatic heterocycles. The van der Waals surface area contributed by atoms with E-state index in [9.17, 15) is 4.79 Å². The highest BCUT2D eigenvalue weighted by molar-refractivity contribution is 6.57. The highest BCUT2D eigenvalue weighted by Crippen LogP contribution is 2.27. The molecule has 76 valence electrons. The molecule has 0 radical (unpaired) electrons. The Kier molecular flexibility index (Phi) is 3.78. The van der Waals surface area contributed by atoms with Crippen LogP contribution in [-0.4, -0.2) is 15.4 Å². The summed E-state index contributed by atoms with van der Waals surface area (Å²) < 4.78 is -1.68. The third-order valence-electron chi connectivity index (χ3n) is 1.88. The van der Waals surface area contributed by atoms with Crippen molar-refractivity contribution in [2.75, 3.05) is 0 Å². The summed E-state index contributed by atoms with van der Waals surface area (Å²) in [7, 11) is 0. The van der Waals surface area contributed by atoms with Crippen LogP contribution in [0.3, 0.4) is 0 Å². The molecule has 0 aliphatic carbocycles. The summed E-state index contributed by atoms with van der Waals surface area (Å²) in [4.78, 5) is 10.6. The van der Waals surface area contributed by atoms with Gasteiger partial charge < -0.3 is 5.11 Å². The van der Waals surface area contributed by atoms with Crippen LogP contribution in [0.5, 0.6) is 0 Å². The molecule has 0 aliphatic rings. The van der Waals surface area contributed by atoms with Gasteiger partial charge in [0.25, 0.3) is 0 Å². The molecule has 1 rings (SSSR count). The van der Waals surface area contributed by atoms with E-state index in [-0.39, 0.29) is 6.42 Å². The molecule has 0 aromatic heterocycles. The van der Waals surface area contributed by atoms with Gasteiger partial charge in [0.05, 0.1) is 0 Å². The Labute approximate surface area is 92.5 Å². The molecular weight excluding hydrogens is 223 g/mol. The molecule has 0 spiro atoms. The molecule has 1 N–H and O–H groups in total. The van der Waals surface area contributed by atoms with Crippen molar-refractivity contribution in [3.63, 3.8) is 0 Å². The van der Waals surface area contributed by atoms with Crippen LogP contribution in [0, 0.1) is 0 Å². The second-order valence-corrected chi connectivity index (χ2v) is 4.48. The highest BCUT2D eigenvalue weighted by Gasteiger charge is 2.32. The predicted molar refractivity (Wildman–Crippen MR) is 56.8 cm³/mol. The van der Waals surface area contributed by atoms with Crippen LogP contribution >= 0.6 is 23.2 Å². The van der Waals surface area contributed by atoms with Gasteiger partial charge in [0, 0.05) is 0 Å². The van der Waals surface area contributed by atoms with Crippen LogP contribution in [0.15, 0.2) is 30.3 Å². The molecule has 0 fully saturated rings. The van der Waals surface area contributed by atoms with Gasteiger partial charge >= 0.3 is 5.97 Å². The van der Waals surface area contributed by atoms with Crippen LogP contribution < -0.4 is 0 Å². The van der Waals surface area contributed by atoms with Crippen molar-refractivity contribution in [2.45, 2.75) is 17.2 Å². The monoisotopic (exact) mass is 232 g/mol. The molecule has 0 bridgehead atoms. The summed E-state index contributed by atoms with van der Waals surface area (Å²) in [6, 6.07) is 9.49. The Balaban J connectivity index is 2.53. The average molecular weight is 233 g/mol. The number of rotatable bonds is 4. The standard InChI is InChI=1S/C10H10Cl2O2/c11-10(12,9(13)14)7-6-8-4-2-1-3-5-8/h1-5H,6-7H2,(H,13,14). The Bertz CT molecular complexity index is 309. The first kappa shape index (κ1) is 11.3. The normalized spacial score (nSPS) is 11.3. The van der Waals surface area contributed by atoms with Gasteiger partial charge in [-0.25, -0.2) is 4.79 Å². The summed E-state index contributed by atoms with van der Waals surface area (Å²) in [5, 5.41) is 8.66. The Morgan fingerprint density at radius 2 is 1.86 bits per heavy atom. The van der Waals surface area contributed by atoms with Gasteiger partial charge in [0.1, 0.15) is 0 Å². The third kappa shape index (κ3) is 3.20. The maximum absolute atomic E-state index is 10.6. The first-order chi connectivity index (χ1) is 6.52. The minimum absolute atomic E-state index is 0.204. The number of alkyl halides is 2. The number of hydrogen-bond donors (Lipinski definition) is 1. The van der Waals surface area contributed by atoms with E-state index in [1.807, 2.05) is 30.3 Å². The SMILES string of the molecule is O=C(O)C(Cl)(Cl)CCc1ccccc1. The second-order valence-electron chi connectivity index (χ2n) is 3.00. The maximum atomic E-state index is 10.6. The van der Waals surface area contributed by atoms with E-state index in [4.69, 9.17) is 28.3 Å². The molecule has 2 nitrogen and oxygen atoms in total. The molecular formula is C10H10Cl2O2. The Hall–Kier alpha value is -0.730. The van der Waals surface area contributed by atoms with E-state index in [2.05, 4.69) is 0 Å². The van der Waals surface area contributed by atoms with Crippen molar-refractivity contribution < 1.29 is 9.90 Å². The fraction of sp³-hybridized carbons (Fsp3) is 0.300. The van der Waals surface area contributed by atoms with Gasteiger partial charge in [-0.1, -0.05) is 53.5 Å². The van der Waals surface area contributed by atoms with Crippen LogP contribution in [0.1, 0.15) is 12.0 Å². The van der Waals surface area contributed by atoms with Gasteiger partial charge in [-0.2, -0.15) is 0 Å². The van der Waals surface area contributed by atoms with E-state index in [0.717, 1.165) is 5.56 Å². The molecule has 1 aromatic rings. The van der Waals surface area contributed by atoms with Crippen molar-refractivity contribution in [1.29, 1.82) is 0 Å². The van der Waals surface area contributed by atoms with Crippen LogP contribution in [0.2, 0.25) is 0 Å². The summed E-state index contributed by atoms with van der Waals surface area (Å²) in [6.07, 6.45) is 0.760. The zero-order valence-electron chi connectivity index (χ0n) is 7.41. The minimum Gasteiger partial charge on any atom is -0.479 e. The van der Waals surface area contributed by atoms with Gasteiger partial charge in [0.2, 0.25) is 4.33 Å². The predicted octanol–water partition coefficient (Wildman–Crippen LogP) is 2.88. The first-order valence-corrected chi connectivity index (χ1v) is 4.93. The zero-order valence-corrected chi connectivity index (χ0v) is 8.92. The average Bonchev–Trinajstić information content (AvgIpc) is 2.16. The van der Waals surface area contributed by atoms with Gasteiger partial charge in [0.15, 0.2) is 0 Å². The van der Waals surface area contributed by atoms with Crippen LogP contribution in [0.25, 0.3) is 0 Å². The Morgan fingerprint density at radius 3 is 2.36 bits per heavy atom. The number of hydrogen-bond acceptors (Lipinski definition) is 1. The lowest BCUT2D eigenvalue weighted by molar-refractivity contribution is -0.137. The molecule has 0 heterocycles. The molecule has 1 aromatic carbocycles. The smallest absolute Gasteiger partial charge is 0.340 e. The number of aryl methyl sites for hydroxylation is 1. The summed E-state index contributed by atoms with van der Waals surface area (Å²) in [6.45, 7) is 0. The fourth-order valence-electron chi connectivity index (χ4n) is 1.05. The van der Waals surface area contributed by atoms with Crippen molar-refractivity contribution in [2.24, 2.45) is 0 Å². The molecule has 0 saturated heterocycles. The van der Waals surface area contributed by atoms with Gasteiger partial charge in [-0.15, -0.1) is 0 Å². The second kappa shape index (κ2) is 4.67. The number of aliphatic carboxylic acids is 1. The van der Waals surface area contributed by atoms with E-state index in [1.165, 1.54) is 0 Å². The highest BCUT2D eigenvalue weighted by atomic mass is 35.5. The number of carboxylic acid groups (broad SMARTS) is 1. The van der Waals surface area contributed by atoms with E-state index in [0.29, 0.717) is 6.42 Å². The lowest BCUT2D eigenvalue weighted by atomic mass is 10.1. The molecule has 0 saturated carbocycles. The van der Waals surface area contributed by atoms with Gasteiger partial charge in [-0.05, 0) is 18.4 Å². The van der Waals surface area contributed by atoms with Crippen molar-refractivity contribution in [3.8, 4) is 0 Å². The first-order valence-electron chi connectivity index (χ1n) is 4.17. The minimum atomic E-state index is -1.68. The number of benzene rings is 1. The quantitative estimate of drug-likeness (QED) is 0.812. The van der Waals surface area contributed by atoms with Crippen LogP contribution in [-0.2, 0) is 11.2 Å². The number of carbonyl (C=O) groups is 1. The third-order valence-corrected chi connectivity index (χ3v) is 2.58. The summed E-state index contributed by atoms with van der Waals surface area (Å²) in [5.74, 6) is -1.20. The summed E-state index contributed by atoms with van der Waals surface area (Å²) >= 11 is 11.2. The Morgan fingerprint density at radius 1 is 1.29 bits per heavy atom. The number of carboxylic acids is 1. The summed E-state index contributed by atoms with van der Waals surface area (Å²) in [5.41, 5.74) is 1.03. The zero-order chi connectivity index (χ0) is 10.6. The lowest BCUT2D eigenvalue weighted by Gasteiger charge is -2.13. The molecule has 0 amide bonds. The molecule has 0 atom stereocenters.